The van der Waals surface area contributed by atoms with E-state index in [1.165, 1.54) is 0 Å². The fourth-order valence-electron chi connectivity index (χ4n) is 14.5. The molecule has 0 bridgehead atoms. The summed E-state index contributed by atoms with van der Waals surface area (Å²) in [7, 11) is 0. The summed E-state index contributed by atoms with van der Waals surface area (Å²) >= 11 is 0. The molecule has 0 amide bonds. The molecular formula is C94H56N12. The predicted octanol–water partition coefficient (Wildman–Crippen LogP) is 22.6. The largest absolute Gasteiger partial charge is 0.255 e. The molecule has 12 aromatic heterocycles. The monoisotopic (exact) mass is 1350 g/mol. The van der Waals surface area contributed by atoms with E-state index in [4.69, 9.17) is 44.9 Å². The Balaban J connectivity index is 0.000000145. The normalized spacial score (nSPS) is 11.6. The minimum atomic E-state index is 0.843. The topological polar surface area (TPSA) is 155 Å². The molecule has 21 rings (SSSR count). The van der Waals surface area contributed by atoms with Gasteiger partial charge in [0.15, 0.2) is 0 Å². The van der Waals surface area contributed by atoms with Crippen molar-refractivity contribution in [2.75, 3.05) is 0 Å². The van der Waals surface area contributed by atoms with Gasteiger partial charge >= 0.3 is 0 Å². The van der Waals surface area contributed by atoms with Gasteiger partial charge in [-0.05, 0) is 173 Å². The lowest BCUT2D eigenvalue weighted by Crippen LogP contribution is -1.93. The van der Waals surface area contributed by atoms with Crippen LogP contribution in [0.1, 0.15) is 0 Å². The predicted molar refractivity (Wildman–Crippen MR) is 430 cm³/mol. The number of pyridine rings is 12. The van der Waals surface area contributed by atoms with Crippen LogP contribution in [-0.4, -0.2) is 59.8 Å². The van der Waals surface area contributed by atoms with Crippen LogP contribution < -0.4 is 0 Å². The molecule has 0 saturated heterocycles. The lowest BCUT2D eigenvalue weighted by molar-refractivity contribution is 1.28. The summed E-state index contributed by atoms with van der Waals surface area (Å²) in [5.41, 5.74) is 26.4. The maximum absolute atomic E-state index is 5.31. The zero-order chi connectivity index (χ0) is 70.0. The van der Waals surface area contributed by atoms with E-state index in [-0.39, 0.29) is 0 Å². The smallest absolute Gasteiger partial charge is 0.0972 e. The van der Waals surface area contributed by atoms with Crippen molar-refractivity contribution in [2.24, 2.45) is 0 Å². The van der Waals surface area contributed by atoms with E-state index in [0.29, 0.717) is 0 Å². The van der Waals surface area contributed by atoms with Crippen LogP contribution in [0.2, 0.25) is 0 Å². The van der Waals surface area contributed by atoms with Crippen molar-refractivity contribution in [3.8, 4) is 101 Å². The van der Waals surface area contributed by atoms with E-state index in [1.807, 2.05) is 97.6 Å². The minimum absolute atomic E-state index is 0.843. The maximum Gasteiger partial charge on any atom is 0.0972 e. The summed E-state index contributed by atoms with van der Waals surface area (Å²) in [6, 6.07) is 105. The number of fused-ring (bicyclic) bond motifs is 13. The Bertz CT molecular complexity index is 6980. The van der Waals surface area contributed by atoms with Crippen molar-refractivity contribution < 1.29 is 0 Å². The number of nitrogens with zero attached hydrogens (tertiary/aromatic N) is 12. The number of benzene rings is 9. The van der Waals surface area contributed by atoms with Gasteiger partial charge in [0, 0.05) is 113 Å². The molecule has 0 aliphatic heterocycles. The van der Waals surface area contributed by atoms with Gasteiger partial charge in [-0.2, -0.15) is 0 Å². The highest BCUT2D eigenvalue weighted by atomic mass is 14.8. The van der Waals surface area contributed by atoms with Gasteiger partial charge in [0.05, 0.1) is 101 Å². The molecule has 0 aliphatic carbocycles. The van der Waals surface area contributed by atoms with Crippen molar-refractivity contribution in [2.45, 2.75) is 0 Å². The van der Waals surface area contributed by atoms with Gasteiger partial charge in [-0.1, -0.05) is 164 Å². The highest BCUT2D eigenvalue weighted by molar-refractivity contribution is 6.11. The van der Waals surface area contributed by atoms with Crippen molar-refractivity contribution in [3.63, 3.8) is 0 Å². The lowest BCUT2D eigenvalue weighted by atomic mass is 9.95. The van der Waals surface area contributed by atoms with Crippen LogP contribution in [0.5, 0.6) is 0 Å². The van der Waals surface area contributed by atoms with Gasteiger partial charge in [0.2, 0.25) is 0 Å². The average Bonchev–Trinajstić information content (AvgIpc) is 0.770. The molecule has 12 heteroatoms. The number of hydrogen-bond acceptors (Lipinski definition) is 12. The summed E-state index contributed by atoms with van der Waals surface area (Å²) < 4.78 is 0. The van der Waals surface area contributed by atoms with Gasteiger partial charge in [0.1, 0.15) is 0 Å². The molecule has 492 valence electrons. The fraction of sp³-hybridized carbons (Fsp3) is 0. The van der Waals surface area contributed by atoms with Gasteiger partial charge < -0.3 is 0 Å². The molecule has 106 heavy (non-hydrogen) atoms. The van der Waals surface area contributed by atoms with Crippen LogP contribution in [0.3, 0.4) is 0 Å². The second-order valence-corrected chi connectivity index (χ2v) is 26.4. The minimum Gasteiger partial charge on any atom is -0.255 e. The summed E-state index contributed by atoms with van der Waals surface area (Å²) in [6.07, 6.45) is 10.9. The van der Waals surface area contributed by atoms with Crippen LogP contribution in [0.25, 0.3) is 210 Å². The number of rotatable bonds is 9. The third-order valence-corrected chi connectivity index (χ3v) is 19.9. The van der Waals surface area contributed by atoms with Crippen molar-refractivity contribution in [1.82, 2.24) is 59.8 Å². The Kier molecular flexibility index (Phi) is 14.9. The first-order valence-electron chi connectivity index (χ1n) is 35.1. The Morgan fingerprint density at radius 2 is 0.481 bits per heavy atom. The second-order valence-electron chi connectivity index (χ2n) is 26.4. The quantitative estimate of drug-likeness (QED) is 0.126. The van der Waals surface area contributed by atoms with E-state index in [1.54, 1.807) is 12.4 Å². The molecule has 0 saturated carbocycles. The van der Waals surface area contributed by atoms with E-state index < -0.39 is 0 Å². The Hall–Kier alpha value is -14.6. The van der Waals surface area contributed by atoms with Crippen molar-refractivity contribution in [3.05, 3.63) is 340 Å². The highest BCUT2D eigenvalue weighted by Gasteiger charge is 2.18. The molecule has 12 heterocycles. The molecule has 0 aliphatic rings. The Morgan fingerprint density at radius 3 is 0.934 bits per heavy atom. The van der Waals surface area contributed by atoms with Gasteiger partial charge in [-0.25, -0.2) is 29.9 Å². The molecule has 0 N–H and O–H groups in total. The van der Waals surface area contributed by atoms with Gasteiger partial charge in [-0.3, -0.25) is 29.9 Å². The maximum atomic E-state index is 5.31. The first-order valence-corrected chi connectivity index (χ1v) is 35.1. The summed E-state index contributed by atoms with van der Waals surface area (Å²) in [4.78, 5) is 58.6. The van der Waals surface area contributed by atoms with Gasteiger partial charge in [-0.15, -0.1) is 0 Å². The summed E-state index contributed by atoms with van der Waals surface area (Å²) in [5, 5.41) is 10.7. The standard InChI is InChI=1S/C53H31N7.C41H25N5/c1-2-24-54-46(7-1)47-23-17-33-9-15-39(31-49(33)58-47)38-14-8-32-16-20-43(57-48(32)30-38)40-27-41(44-21-18-36-12-10-34-5-3-25-55-50(34)52(36)59-44)29-42(28-40)45-22-19-37-13-11-35-6-4-26-56-51(35)53(37)60-45;1-2-19-42-36(10-1)37-18-16-27-12-14-29(25-39(27)46-37)28-13-11-26-15-17-35(45-38(26)24-28)31-7-3-6-30(22-31)34-23-32-8-4-20-43-40(32)41-33(34)9-5-21-44-41/h1-31H;1-25H. The molecule has 21 aromatic rings. The second kappa shape index (κ2) is 25.8. The van der Waals surface area contributed by atoms with E-state index >= 15 is 0 Å². The van der Waals surface area contributed by atoms with Crippen LogP contribution >= 0.6 is 0 Å². The van der Waals surface area contributed by atoms with Crippen LogP contribution in [-0.2, 0) is 0 Å². The van der Waals surface area contributed by atoms with Crippen molar-refractivity contribution in [1.29, 1.82) is 0 Å². The molecule has 9 aromatic carbocycles. The third-order valence-electron chi connectivity index (χ3n) is 19.9. The van der Waals surface area contributed by atoms with Crippen LogP contribution in [0.15, 0.2) is 340 Å². The van der Waals surface area contributed by atoms with Crippen molar-refractivity contribution >= 4 is 109 Å². The zero-order valence-corrected chi connectivity index (χ0v) is 56.7. The third kappa shape index (κ3) is 11.4. The molecular weight excluding hydrogens is 1300 g/mol. The Labute approximate surface area is 606 Å². The first kappa shape index (κ1) is 61.3. The van der Waals surface area contributed by atoms with E-state index in [2.05, 4.69) is 245 Å². The summed E-state index contributed by atoms with van der Waals surface area (Å²) in [5.74, 6) is 0. The number of aromatic nitrogens is 12. The Morgan fingerprint density at radius 1 is 0.151 bits per heavy atom. The van der Waals surface area contributed by atoms with Crippen LogP contribution in [0.4, 0.5) is 0 Å². The fourth-order valence-corrected chi connectivity index (χ4v) is 14.5. The van der Waals surface area contributed by atoms with Gasteiger partial charge in [0.25, 0.3) is 0 Å². The van der Waals surface area contributed by atoms with Crippen LogP contribution in [0, 0.1) is 0 Å². The SMILES string of the molecule is c1ccc(-c2ccc3ccc(-c4ccc5ccc(-c6cc(-c7ccc8ccc9cccnc9c8n7)cc(-c7ccc8ccc9cccnc9c8n7)c6)nc5c4)cc3n2)nc1.c1ccc(-c2ccc3ccc(-c4ccc5ccc(-c6cccc(-c7cc8cccnc8c8ncccc78)c6)nc5c4)cc3n2)nc1. The molecule has 0 atom stereocenters. The van der Waals surface area contributed by atoms with E-state index in [9.17, 15) is 0 Å². The number of hydrogen-bond donors (Lipinski definition) is 0. The zero-order valence-electron chi connectivity index (χ0n) is 56.7. The lowest BCUT2D eigenvalue weighted by Gasteiger charge is -2.13. The molecule has 0 radical (unpaired) electrons. The highest BCUT2D eigenvalue weighted by Crippen LogP contribution is 2.39. The first-order chi connectivity index (χ1) is 52.4. The van der Waals surface area contributed by atoms with E-state index in [0.717, 1.165) is 210 Å². The molecule has 0 unspecified atom stereocenters. The summed E-state index contributed by atoms with van der Waals surface area (Å²) in [6.45, 7) is 0. The molecule has 0 fully saturated rings. The average molecular weight is 1350 g/mol. The molecule has 0 spiro atoms. The molecule has 12 nitrogen and oxygen atoms in total.